The van der Waals surface area contributed by atoms with Crippen molar-refractivity contribution in [2.75, 3.05) is 24.5 Å². The van der Waals surface area contributed by atoms with Gasteiger partial charge in [-0.1, -0.05) is 26.5 Å². The molecule has 2 aliphatic rings. The largest absolute Gasteiger partial charge is 0.710 e. The Labute approximate surface area is 240 Å². The van der Waals surface area contributed by atoms with Gasteiger partial charge in [-0.2, -0.15) is 9.89 Å². The van der Waals surface area contributed by atoms with Crippen LogP contribution in [0, 0.1) is 22.7 Å². The number of amidine groups is 1. The molecule has 0 radical (unpaired) electrons. The molecule has 3 aromatic rings. The number of pyridine rings is 1. The average molecular weight is 582 g/mol. The number of benzene rings is 1. The highest BCUT2D eigenvalue weighted by molar-refractivity contribution is 6.05. The van der Waals surface area contributed by atoms with E-state index in [-0.39, 0.29) is 53.5 Å². The normalized spacial score (nSPS) is 18.5. The molecule has 2 aliphatic heterocycles. The quantitative estimate of drug-likeness (QED) is 0.280. The Balaban J connectivity index is 1.77. The molecule has 4 heterocycles. The highest BCUT2D eigenvalue weighted by Crippen LogP contribution is 2.39. The number of aliphatic hydroxyl groups excluding tert-OH is 1. The summed E-state index contributed by atoms with van der Waals surface area (Å²) in [6.07, 6.45) is 1.68. The van der Waals surface area contributed by atoms with Gasteiger partial charge in [0.15, 0.2) is 17.2 Å². The number of piperazine rings is 1. The van der Waals surface area contributed by atoms with E-state index in [0.29, 0.717) is 29.9 Å². The van der Waals surface area contributed by atoms with E-state index in [9.17, 15) is 23.9 Å². The Kier molecular flexibility index (Phi) is 7.87. The molecule has 0 saturated carbocycles. The molecule has 2 aromatic heterocycles. The lowest BCUT2D eigenvalue weighted by atomic mass is 10.0. The van der Waals surface area contributed by atoms with Crippen molar-refractivity contribution in [2.24, 2.45) is 4.99 Å². The number of hydrogen-bond acceptors (Lipinski definition) is 8. The molecule has 220 valence electrons. The van der Waals surface area contributed by atoms with Crippen molar-refractivity contribution in [3.63, 3.8) is 0 Å². The van der Waals surface area contributed by atoms with Crippen molar-refractivity contribution in [1.29, 1.82) is 0 Å². The zero-order valence-electron chi connectivity index (χ0n) is 23.4. The van der Waals surface area contributed by atoms with Crippen molar-refractivity contribution in [1.82, 2.24) is 19.8 Å². The van der Waals surface area contributed by atoms with Crippen molar-refractivity contribution in [3.05, 3.63) is 82.9 Å². The number of hydrogen-bond donors (Lipinski definition) is 1. The Morgan fingerprint density at radius 3 is 2.36 bits per heavy atom. The Bertz CT molecular complexity index is 1560. The minimum Gasteiger partial charge on any atom is -0.710 e. The first kappa shape index (κ1) is 29.0. The highest BCUT2D eigenvalue weighted by Gasteiger charge is 2.44. The number of aryl methyl sites for hydroxylation is 2. The van der Waals surface area contributed by atoms with Crippen LogP contribution in [-0.4, -0.2) is 68.6 Å². The molecular weight excluding hydrogens is 551 g/mol. The zero-order chi connectivity index (χ0) is 30.3. The van der Waals surface area contributed by atoms with Crippen LogP contribution in [0.2, 0.25) is 0 Å². The molecule has 1 saturated heterocycles. The van der Waals surface area contributed by atoms with Crippen LogP contribution in [-0.2, 0) is 17.6 Å². The minimum atomic E-state index is -1.70. The average Bonchev–Trinajstić information content (AvgIpc) is 2.97. The van der Waals surface area contributed by atoms with Gasteiger partial charge in [-0.25, -0.2) is 27.9 Å². The molecule has 0 bridgehead atoms. The van der Waals surface area contributed by atoms with Crippen LogP contribution < -0.4 is 9.63 Å². The smallest absolute Gasteiger partial charge is 0.303 e. The zero-order valence-corrected chi connectivity index (χ0v) is 23.4. The monoisotopic (exact) mass is 581 g/mol. The number of anilines is 2. The number of nitrogens with zero attached hydrogens (tertiary/aromatic N) is 7. The van der Waals surface area contributed by atoms with Gasteiger partial charge in [0.2, 0.25) is 5.91 Å². The topological polar surface area (TPSA) is 112 Å². The molecule has 0 spiro atoms. The molecule has 1 aromatic carbocycles. The fraction of sp³-hybridized carbons (Fsp3) is 0.345. The van der Waals surface area contributed by atoms with Crippen LogP contribution in [0.25, 0.3) is 11.3 Å². The fourth-order valence-electron chi connectivity index (χ4n) is 5.56. The first-order valence-electron chi connectivity index (χ1n) is 13.6. The predicted molar refractivity (Wildman–Crippen MR) is 149 cm³/mol. The summed E-state index contributed by atoms with van der Waals surface area (Å²) < 4.78 is 45.7. The van der Waals surface area contributed by atoms with Crippen molar-refractivity contribution in [2.45, 2.75) is 46.0 Å². The molecule has 0 aliphatic carbocycles. The summed E-state index contributed by atoms with van der Waals surface area (Å²) in [4.78, 5) is 29.9. The molecule has 1 unspecified atom stereocenters. The number of halogens is 3. The van der Waals surface area contributed by atoms with E-state index < -0.39 is 35.1 Å². The van der Waals surface area contributed by atoms with Gasteiger partial charge in [0.1, 0.15) is 29.4 Å². The maximum atomic E-state index is 15.9. The molecule has 13 heteroatoms. The summed E-state index contributed by atoms with van der Waals surface area (Å²) in [5.74, 6) is -3.87. The highest BCUT2D eigenvalue weighted by atomic mass is 19.1. The van der Waals surface area contributed by atoms with Gasteiger partial charge in [-0.15, -0.1) is 0 Å². The van der Waals surface area contributed by atoms with Crippen LogP contribution >= 0.6 is 0 Å². The fourth-order valence-corrected chi connectivity index (χ4v) is 5.56. The second kappa shape index (κ2) is 11.4. The summed E-state index contributed by atoms with van der Waals surface area (Å²) in [5, 5.41) is 25.7. The van der Waals surface area contributed by atoms with E-state index in [1.54, 1.807) is 9.80 Å². The van der Waals surface area contributed by atoms with E-state index in [0.717, 1.165) is 24.3 Å². The number of aromatic nitrogens is 3. The summed E-state index contributed by atoms with van der Waals surface area (Å²) in [5.41, 5.74) is -0.463. The Morgan fingerprint density at radius 1 is 1.14 bits per heavy atom. The second-order valence-electron chi connectivity index (χ2n) is 9.99. The van der Waals surface area contributed by atoms with Crippen LogP contribution in [0.15, 0.2) is 48.2 Å². The van der Waals surface area contributed by atoms with Gasteiger partial charge in [-0.05, 0) is 44.0 Å². The molecular formula is C29H30F3N7O3. The number of carbonyl (C=O) groups excluding carboxylic acids is 1. The van der Waals surface area contributed by atoms with Gasteiger partial charge >= 0.3 is 12.2 Å². The van der Waals surface area contributed by atoms with Crippen molar-refractivity contribution < 1.29 is 27.8 Å². The second-order valence-corrected chi connectivity index (χ2v) is 9.99. The number of fused-ring (bicyclic) bond motifs is 1. The van der Waals surface area contributed by atoms with E-state index >= 15 is 4.39 Å². The molecule has 1 fully saturated rings. The third kappa shape index (κ3) is 4.73. The number of aliphatic imine (C=N–C) groups is 1. The van der Waals surface area contributed by atoms with Gasteiger partial charge in [-0.3, -0.25) is 4.79 Å². The maximum Gasteiger partial charge on any atom is 0.303 e. The summed E-state index contributed by atoms with van der Waals surface area (Å²) in [7, 11) is 0. The number of rotatable bonds is 5. The molecule has 2 atom stereocenters. The SMILES string of the molecule is C=CC(=O)N1CCN(C2=NC(O)N(c3c(CC)ncnc3CC)c3c2cc(F)c(-c2c(F)cccc2F)[n+]3[O-])[C@@H](C)C1. The lowest BCUT2D eigenvalue weighted by Crippen LogP contribution is -2.57. The molecule has 1 N–H and O–H groups in total. The van der Waals surface area contributed by atoms with Crippen molar-refractivity contribution >= 4 is 23.2 Å². The summed E-state index contributed by atoms with van der Waals surface area (Å²) >= 11 is 0. The lowest BCUT2D eigenvalue weighted by molar-refractivity contribution is -0.582. The van der Waals surface area contributed by atoms with E-state index in [4.69, 9.17) is 0 Å². The summed E-state index contributed by atoms with van der Waals surface area (Å²) in [6.45, 7) is 9.84. The minimum absolute atomic E-state index is 0.00314. The number of carbonyl (C=O) groups is 1. The van der Waals surface area contributed by atoms with Crippen molar-refractivity contribution in [3.8, 4) is 11.3 Å². The molecule has 10 nitrogen and oxygen atoms in total. The van der Waals surface area contributed by atoms with E-state index in [2.05, 4.69) is 21.5 Å². The maximum absolute atomic E-state index is 15.9. The standard InChI is InChI=1S/C29H30F3N7O3/c1-5-21-26(22(6-2)34-15-33-21)38-28-17(13-20(32)25(39(28)42)24-18(30)9-8-10-19(24)31)27(35-29(38)41)37-12-11-36(14-16(37)4)23(40)7-3/h7-10,13,15-16,29,41H,3,5-6,11-12,14H2,1-2,4H3/t16-,29?/m0/s1. The molecule has 1 amide bonds. The van der Waals surface area contributed by atoms with E-state index in [1.165, 1.54) is 17.3 Å². The predicted octanol–water partition coefficient (Wildman–Crippen LogP) is 3.21. The van der Waals surface area contributed by atoms with Crippen LogP contribution in [0.1, 0.15) is 37.7 Å². The van der Waals surface area contributed by atoms with Gasteiger partial charge in [0, 0.05) is 25.7 Å². The number of aliphatic hydroxyl groups is 1. The van der Waals surface area contributed by atoms with Gasteiger partial charge in [0.05, 0.1) is 17.0 Å². The summed E-state index contributed by atoms with van der Waals surface area (Å²) in [6, 6.07) is 3.62. The first-order chi connectivity index (χ1) is 20.1. The van der Waals surface area contributed by atoms with Gasteiger partial charge < -0.3 is 20.1 Å². The Hall–Kier alpha value is -4.52. The van der Waals surface area contributed by atoms with Gasteiger partial charge in [0.25, 0.3) is 0 Å². The Morgan fingerprint density at radius 2 is 1.79 bits per heavy atom. The number of amides is 1. The lowest BCUT2D eigenvalue weighted by Gasteiger charge is -2.43. The first-order valence-corrected chi connectivity index (χ1v) is 13.6. The van der Waals surface area contributed by atoms with Crippen LogP contribution in [0.4, 0.5) is 24.7 Å². The van der Waals surface area contributed by atoms with E-state index in [1.807, 2.05) is 20.8 Å². The van der Waals surface area contributed by atoms with Crippen LogP contribution in [0.5, 0.6) is 0 Å². The molecule has 42 heavy (non-hydrogen) atoms. The molecule has 5 rings (SSSR count). The third-order valence-corrected chi connectivity index (χ3v) is 7.54. The van der Waals surface area contributed by atoms with Crippen LogP contribution in [0.3, 0.4) is 0 Å². The third-order valence-electron chi connectivity index (χ3n) is 7.54.